The van der Waals surface area contributed by atoms with E-state index in [9.17, 15) is 0 Å². The van der Waals surface area contributed by atoms with Crippen LogP contribution in [0.2, 0.25) is 0 Å². The molecule has 2 nitrogen and oxygen atoms in total. The van der Waals surface area contributed by atoms with Gasteiger partial charge in [0.2, 0.25) is 0 Å². The van der Waals surface area contributed by atoms with E-state index in [4.69, 9.17) is 4.99 Å². The molecule has 0 amide bonds. The lowest BCUT2D eigenvalue weighted by atomic mass is 9.98. The van der Waals surface area contributed by atoms with E-state index < -0.39 is 0 Å². The number of hydrogen-bond acceptors (Lipinski definition) is 2. The van der Waals surface area contributed by atoms with Crippen molar-refractivity contribution in [2.45, 2.75) is 43.8 Å². The number of benzene rings is 1. The second kappa shape index (κ2) is 4.61. The molecule has 0 radical (unpaired) electrons. The third-order valence-corrected chi connectivity index (χ3v) is 4.31. The van der Waals surface area contributed by atoms with Crippen LogP contribution in [0.4, 0.5) is 0 Å². The monoisotopic (exact) mass is 228 g/mol. The Labute approximate surface area is 103 Å². The van der Waals surface area contributed by atoms with E-state index in [0.717, 1.165) is 12.1 Å². The smallest absolute Gasteiger partial charge is 0.0529 e. The van der Waals surface area contributed by atoms with Gasteiger partial charge in [-0.05, 0) is 38.3 Å². The summed E-state index contributed by atoms with van der Waals surface area (Å²) >= 11 is 0. The highest BCUT2D eigenvalue weighted by Gasteiger charge is 2.37. The van der Waals surface area contributed by atoms with Crippen molar-refractivity contribution in [2.75, 3.05) is 7.05 Å². The van der Waals surface area contributed by atoms with E-state index in [0.29, 0.717) is 6.04 Å². The molecule has 0 aliphatic carbocycles. The zero-order valence-corrected chi connectivity index (χ0v) is 10.4. The summed E-state index contributed by atoms with van der Waals surface area (Å²) < 4.78 is 0. The van der Waals surface area contributed by atoms with Gasteiger partial charge in [-0.1, -0.05) is 30.3 Å². The van der Waals surface area contributed by atoms with Crippen LogP contribution in [-0.2, 0) is 0 Å². The first-order valence-electron chi connectivity index (χ1n) is 6.63. The largest absolute Gasteiger partial charge is 0.300 e. The highest BCUT2D eigenvalue weighted by atomic mass is 15.2. The number of rotatable bonds is 2. The second-order valence-corrected chi connectivity index (χ2v) is 5.36. The van der Waals surface area contributed by atoms with E-state index in [-0.39, 0.29) is 0 Å². The first-order valence-corrected chi connectivity index (χ1v) is 6.63. The lowest BCUT2D eigenvalue weighted by Gasteiger charge is -2.34. The number of fused-ring (bicyclic) bond motifs is 2. The molecule has 2 aliphatic heterocycles. The summed E-state index contributed by atoms with van der Waals surface area (Å²) in [6.07, 6.45) is 7.29. The summed E-state index contributed by atoms with van der Waals surface area (Å²) in [4.78, 5) is 7.34. The molecule has 2 aliphatic rings. The van der Waals surface area contributed by atoms with E-state index >= 15 is 0 Å². The van der Waals surface area contributed by atoms with Crippen LogP contribution in [0.3, 0.4) is 0 Å². The zero-order chi connectivity index (χ0) is 11.7. The topological polar surface area (TPSA) is 15.6 Å². The lowest BCUT2D eigenvalue weighted by Crippen LogP contribution is -2.41. The number of aliphatic imine (C=N–C) groups is 1. The molecule has 3 rings (SSSR count). The van der Waals surface area contributed by atoms with Gasteiger partial charge in [-0.2, -0.15) is 0 Å². The summed E-state index contributed by atoms with van der Waals surface area (Å²) in [5.41, 5.74) is 1.22. The van der Waals surface area contributed by atoms with Crippen LogP contribution in [-0.4, -0.2) is 36.3 Å². The molecule has 1 aromatic carbocycles. The Balaban J connectivity index is 1.66. The van der Waals surface area contributed by atoms with Gasteiger partial charge < -0.3 is 4.90 Å². The fourth-order valence-electron chi connectivity index (χ4n) is 3.24. The Morgan fingerprint density at radius 1 is 1.12 bits per heavy atom. The zero-order valence-electron chi connectivity index (χ0n) is 10.4. The van der Waals surface area contributed by atoms with Crippen molar-refractivity contribution >= 4 is 6.21 Å². The molecule has 2 fully saturated rings. The van der Waals surface area contributed by atoms with Crippen LogP contribution in [0.15, 0.2) is 35.3 Å². The van der Waals surface area contributed by atoms with Gasteiger partial charge in [0.1, 0.15) is 0 Å². The maximum Gasteiger partial charge on any atom is 0.0529 e. The van der Waals surface area contributed by atoms with Gasteiger partial charge in [-0.3, -0.25) is 4.99 Å². The van der Waals surface area contributed by atoms with Gasteiger partial charge in [-0.15, -0.1) is 0 Å². The molecule has 2 heterocycles. The van der Waals surface area contributed by atoms with Gasteiger partial charge in [0, 0.05) is 18.3 Å². The fraction of sp³-hybridized carbons (Fsp3) is 0.533. The number of hydrogen-bond donors (Lipinski definition) is 0. The lowest BCUT2D eigenvalue weighted by molar-refractivity contribution is 0.164. The van der Waals surface area contributed by atoms with Crippen molar-refractivity contribution in [1.29, 1.82) is 0 Å². The van der Waals surface area contributed by atoms with Gasteiger partial charge in [-0.25, -0.2) is 0 Å². The molecule has 2 atom stereocenters. The van der Waals surface area contributed by atoms with Crippen molar-refractivity contribution in [2.24, 2.45) is 4.99 Å². The van der Waals surface area contributed by atoms with E-state index in [1.165, 1.54) is 31.2 Å². The average molecular weight is 228 g/mol. The molecule has 17 heavy (non-hydrogen) atoms. The van der Waals surface area contributed by atoms with Crippen molar-refractivity contribution in [3.8, 4) is 0 Å². The molecule has 0 aromatic heterocycles. The average Bonchev–Trinajstić information content (AvgIpc) is 2.61. The van der Waals surface area contributed by atoms with E-state index in [2.05, 4.69) is 42.4 Å². The van der Waals surface area contributed by atoms with Crippen LogP contribution < -0.4 is 0 Å². The minimum Gasteiger partial charge on any atom is -0.300 e. The molecule has 2 saturated heterocycles. The van der Waals surface area contributed by atoms with E-state index in [1.807, 2.05) is 6.07 Å². The molecule has 0 saturated carbocycles. The first-order chi connectivity index (χ1) is 8.33. The molecule has 1 aromatic rings. The third kappa shape index (κ3) is 2.27. The minimum absolute atomic E-state index is 0.545. The van der Waals surface area contributed by atoms with Crippen LogP contribution in [0.1, 0.15) is 31.2 Å². The Bertz CT molecular complexity index is 385. The molecule has 0 spiro atoms. The molecular formula is C15H20N2. The fourth-order valence-corrected chi connectivity index (χ4v) is 3.24. The first kappa shape index (κ1) is 11.0. The minimum atomic E-state index is 0.545. The van der Waals surface area contributed by atoms with Crippen molar-refractivity contribution in [1.82, 2.24) is 4.90 Å². The summed E-state index contributed by atoms with van der Waals surface area (Å²) in [5, 5.41) is 0. The maximum atomic E-state index is 4.78. The molecule has 90 valence electrons. The SMILES string of the molecule is CN1C2CCC1CC(N=Cc1ccccc1)C2. The molecule has 2 unspecified atom stereocenters. The summed E-state index contributed by atoms with van der Waals surface area (Å²) in [5.74, 6) is 0. The predicted octanol–water partition coefficient (Wildman–Crippen LogP) is 2.73. The van der Waals surface area contributed by atoms with Crippen molar-refractivity contribution in [3.63, 3.8) is 0 Å². The Morgan fingerprint density at radius 2 is 1.76 bits per heavy atom. The third-order valence-electron chi connectivity index (χ3n) is 4.31. The standard InChI is InChI=1S/C15H20N2/c1-17-14-7-8-15(17)10-13(9-14)16-11-12-5-3-2-4-6-12/h2-6,11,13-15H,7-10H2,1H3. The predicted molar refractivity (Wildman–Crippen MR) is 71.6 cm³/mol. The van der Waals surface area contributed by atoms with Crippen LogP contribution >= 0.6 is 0 Å². The summed E-state index contributed by atoms with van der Waals surface area (Å²) in [6.45, 7) is 0. The van der Waals surface area contributed by atoms with E-state index in [1.54, 1.807) is 0 Å². The molecule has 2 heteroatoms. The second-order valence-electron chi connectivity index (χ2n) is 5.36. The van der Waals surface area contributed by atoms with Gasteiger partial charge in [0.05, 0.1) is 6.04 Å². The van der Waals surface area contributed by atoms with Gasteiger partial charge in [0.25, 0.3) is 0 Å². The highest BCUT2D eigenvalue weighted by molar-refractivity contribution is 5.79. The molecule has 0 N–H and O–H groups in total. The Morgan fingerprint density at radius 3 is 2.41 bits per heavy atom. The van der Waals surface area contributed by atoms with Crippen LogP contribution in [0.25, 0.3) is 0 Å². The van der Waals surface area contributed by atoms with Crippen LogP contribution in [0.5, 0.6) is 0 Å². The summed E-state index contributed by atoms with van der Waals surface area (Å²) in [6, 6.07) is 12.5. The molecular weight excluding hydrogens is 208 g/mol. The van der Waals surface area contributed by atoms with Gasteiger partial charge in [0.15, 0.2) is 0 Å². The number of nitrogens with zero attached hydrogens (tertiary/aromatic N) is 2. The Kier molecular flexibility index (Phi) is 2.98. The number of piperidine rings is 1. The normalized spacial score (nSPS) is 33.4. The molecule has 2 bridgehead atoms. The van der Waals surface area contributed by atoms with Gasteiger partial charge >= 0.3 is 0 Å². The summed E-state index contributed by atoms with van der Waals surface area (Å²) in [7, 11) is 2.28. The van der Waals surface area contributed by atoms with Crippen LogP contribution in [0, 0.1) is 0 Å². The highest BCUT2D eigenvalue weighted by Crippen LogP contribution is 2.35. The maximum absolute atomic E-state index is 4.78. The van der Waals surface area contributed by atoms with Crippen molar-refractivity contribution < 1.29 is 0 Å². The Hall–Kier alpha value is -1.15. The quantitative estimate of drug-likeness (QED) is 0.711. The van der Waals surface area contributed by atoms with Crippen molar-refractivity contribution in [3.05, 3.63) is 35.9 Å².